The molecule has 132 valence electrons. The number of hydrogen-bond donors (Lipinski definition) is 1. The van der Waals surface area contributed by atoms with Gasteiger partial charge in [0.15, 0.2) is 0 Å². The molecule has 0 bridgehead atoms. The number of hydrogen-bond acceptors (Lipinski definition) is 2. The van der Waals surface area contributed by atoms with Crippen LogP contribution in [0.15, 0.2) is 48.5 Å². The van der Waals surface area contributed by atoms with Gasteiger partial charge in [0.2, 0.25) is 5.60 Å². The fourth-order valence-corrected chi connectivity index (χ4v) is 2.85. The number of nitrogens with zero attached hydrogens (tertiary/aromatic N) is 1. The van der Waals surface area contributed by atoms with Crippen molar-refractivity contribution in [1.29, 1.82) is 0 Å². The highest BCUT2D eigenvalue weighted by Gasteiger charge is 2.61. The summed E-state index contributed by atoms with van der Waals surface area (Å²) in [6.07, 6.45) is -5.02. The molecule has 2 aromatic carbocycles. The molecule has 7 heteroatoms. The Labute approximate surface area is 143 Å². The summed E-state index contributed by atoms with van der Waals surface area (Å²) in [4.78, 5) is 13.2. The van der Waals surface area contributed by atoms with E-state index < -0.39 is 24.2 Å². The summed E-state index contributed by atoms with van der Waals surface area (Å²) in [5, 5.41) is 2.62. The van der Waals surface area contributed by atoms with Gasteiger partial charge in [0.1, 0.15) is 5.75 Å². The van der Waals surface area contributed by atoms with Gasteiger partial charge in [-0.05, 0) is 12.1 Å². The number of anilines is 1. The lowest BCUT2D eigenvalue weighted by atomic mass is 9.88. The highest BCUT2D eigenvalue weighted by molar-refractivity contribution is 5.90. The van der Waals surface area contributed by atoms with E-state index in [0.29, 0.717) is 11.3 Å². The van der Waals surface area contributed by atoms with Crippen molar-refractivity contribution in [3.8, 4) is 5.75 Å². The molecule has 0 aliphatic carbocycles. The van der Waals surface area contributed by atoms with Gasteiger partial charge in [-0.25, -0.2) is 4.79 Å². The predicted molar refractivity (Wildman–Crippen MR) is 87.7 cm³/mol. The molecule has 1 N–H and O–H groups in total. The van der Waals surface area contributed by atoms with Gasteiger partial charge < -0.3 is 15.0 Å². The number of rotatable bonds is 2. The second kappa shape index (κ2) is 5.98. The number of amides is 2. The van der Waals surface area contributed by atoms with Crippen molar-refractivity contribution in [3.63, 3.8) is 0 Å². The maximum absolute atomic E-state index is 14.0. The fraction of sp³-hybridized carbons (Fsp3) is 0.278. The van der Waals surface area contributed by atoms with Gasteiger partial charge >= 0.3 is 12.2 Å². The molecule has 0 saturated heterocycles. The average Bonchev–Trinajstić information content (AvgIpc) is 2.97. The minimum Gasteiger partial charge on any atom is -0.472 e. The Kier molecular flexibility index (Phi) is 4.10. The third kappa shape index (κ3) is 2.90. The van der Waals surface area contributed by atoms with Crippen molar-refractivity contribution in [2.24, 2.45) is 0 Å². The second-order valence-electron chi connectivity index (χ2n) is 6.08. The second-order valence-corrected chi connectivity index (χ2v) is 6.08. The number of carbonyl (C=O) groups is 1. The zero-order valence-corrected chi connectivity index (χ0v) is 13.7. The van der Waals surface area contributed by atoms with Crippen LogP contribution in [0.25, 0.3) is 0 Å². The van der Waals surface area contributed by atoms with Gasteiger partial charge in [-0.2, -0.15) is 13.2 Å². The first kappa shape index (κ1) is 17.1. The number of urea groups is 1. The first-order valence-corrected chi connectivity index (χ1v) is 7.66. The number of nitrogens with one attached hydrogen (secondary N) is 1. The summed E-state index contributed by atoms with van der Waals surface area (Å²) in [7, 11) is 3.11. The van der Waals surface area contributed by atoms with Crippen LogP contribution in [0.1, 0.15) is 11.1 Å². The number of ether oxygens (including phenoxy) is 1. The van der Waals surface area contributed by atoms with E-state index in [0.717, 1.165) is 0 Å². The Bertz CT molecular complexity index is 791. The average molecular weight is 350 g/mol. The smallest absolute Gasteiger partial charge is 0.432 e. The molecule has 1 atom stereocenters. The predicted octanol–water partition coefficient (Wildman–Crippen LogP) is 4.17. The Morgan fingerprint density at radius 2 is 1.80 bits per heavy atom. The standard InChI is InChI=1S/C18H17F3N2O2/c1-23(2)16(24)22-14-9-6-10-15-13(14)11-17(25-15,18(19,20)21)12-7-4-3-5-8-12/h3-10H,11H2,1-2H3,(H,22,24)/t17-/m1/s1. The molecule has 0 aromatic heterocycles. The minimum absolute atomic E-state index is 0.0311. The van der Waals surface area contributed by atoms with Crippen molar-refractivity contribution >= 4 is 11.7 Å². The van der Waals surface area contributed by atoms with Crippen LogP contribution in [0.2, 0.25) is 0 Å². The van der Waals surface area contributed by atoms with E-state index in [1.54, 1.807) is 44.4 Å². The summed E-state index contributed by atoms with van der Waals surface area (Å²) < 4.78 is 47.3. The van der Waals surface area contributed by atoms with E-state index in [1.807, 2.05) is 0 Å². The van der Waals surface area contributed by atoms with Gasteiger partial charge in [-0.1, -0.05) is 36.4 Å². The van der Waals surface area contributed by atoms with E-state index in [-0.39, 0.29) is 11.3 Å². The minimum atomic E-state index is -4.61. The summed E-state index contributed by atoms with van der Waals surface area (Å²) >= 11 is 0. The molecule has 1 heterocycles. The molecule has 2 amide bonds. The molecule has 0 spiro atoms. The molecule has 4 nitrogen and oxygen atoms in total. The zero-order chi connectivity index (χ0) is 18.2. The molecular formula is C18H17F3N2O2. The Morgan fingerprint density at radius 3 is 2.40 bits per heavy atom. The van der Waals surface area contributed by atoms with Crippen molar-refractivity contribution in [2.45, 2.75) is 18.2 Å². The molecule has 0 fully saturated rings. The molecule has 1 aliphatic heterocycles. The molecule has 25 heavy (non-hydrogen) atoms. The molecule has 2 aromatic rings. The molecule has 0 saturated carbocycles. The van der Waals surface area contributed by atoms with Crippen LogP contribution in [0.5, 0.6) is 5.75 Å². The third-order valence-electron chi connectivity index (χ3n) is 4.19. The summed E-state index contributed by atoms with van der Waals surface area (Å²) in [6, 6.07) is 11.7. The van der Waals surface area contributed by atoms with Crippen LogP contribution >= 0.6 is 0 Å². The third-order valence-corrected chi connectivity index (χ3v) is 4.19. The van der Waals surface area contributed by atoms with E-state index in [1.165, 1.54) is 23.1 Å². The number of fused-ring (bicyclic) bond motifs is 1. The monoisotopic (exact) mass is 350 g/mol. The molecule has 0 unspecified atom stereocenters. The zero-order valence-electron chi connectivity index (χ0n) is 13.7. The van der Waals surface area contributed by atoms with Crippen LogP contribution in [0, 0.1) is 0 Å². The first-order chi connectivity index (χ1) is 11.7. The lowest BCUT2D eigenvalue weighted by Crippen LogP contribution is -2.46. The van der Waals surface area contributed by atoms with Crippen LogP contribution in [0.3, 0.4) is 0 Å². The van der Waals surface area contributed by atoms with Gasteiger partial charge in [0.25, 0.3) is 0 Å². The Morgan fingerprint density at radius 1 is 1.12 bits per heavy atom. The first-order valence-electron chi connectivity index (χ1n) is 7.66. The summed E-state index contributed by atoms with van der Waals surface area (Å²) in [6.45, 7) is 0. The maximum Gasteiger partial charge on any atom is 0.432 e. The molecule has 3 rings (SSSR count). The van der Waals surface area contributed by atoms with E-state index in [9.17, 15) is 18.0 Å². The van der Waals surface area contributed by atoms with Crippen LogP contribution in [-0.2, 0) is 12.0 Å². The molecule has 1 aliphatic rings. The fourth-order valence-electron chi connectivity index (χ4n) is 2.85. The summed E-state index contributed by atoms with van der Waals surface area (Å²) in [5.74, 6) is 0.123. The van der Waals surface area contributed by atoms with E-state index in [2.05, 4.69) is 5.32 Å². The highest BCUT2D eigenvalue weighted by atomic mass is 19.4. The Balaban J connectivity index is 2.05. The highest BCUT2D eigenvalue weighted by Crippen LogP contribution is 2.52. The normalized spacial score (nSPS) is 19.1. The molecule has 0 radical (unpaired) electrons. The van der Waals surface area contributed by atoms with Crippen molar-refractivity contribution in [2.75, 3.05) is 19.4 Å². The van der Waals surface area contributed by atoms with Crippen LogP contribution in [0.4, 0.5) is 23.7 Å². The number of carbonyl (C=O) groups excluding carboxylic acids is 1. The van der Waals surface area contributed by atoms with Crippen molar-refractivity contribution in [3.05, 3.63) is 59.7 Å². The van der Waals surface area contributed by atoms with Gasteiger partial charge in [0, 0.05) is 37.3 Å². The quantitative estimate of drug-likeness (QED) is 0.883. The van der Waals surface area contributed by atoms with E-state index in [4.69, 9.17) is 4.74 Å². The van der Waals surface area contributed by atoms with Gasteiger partial charge in [-0.3, -0.25) is 0 Å². The number of benzene rings is 2. The van der Waals surface area contributed by atoms with Crippen molar-refractivity contribution in [1.82, 2.24) is 4.90 Å². The van der Waals surface area contributed by atoms with Gasteiger partial charge in [-0.15, -0.1) is 0 Å². The topological polar surface area (TPSA) is 41.6 Å². The van der Waals surface area contributed by atoms with Crippen LogP contribution < -0.4 is 10.1 Å². The lowest BCUT2D eigenvalue weighted by molar-refractivity contribution is -0.248. The van der Waals surface area contributed by atoms with Crippen LogP contribution in [-0.4, -0.2) is 31.2 Å². The maximum atomic E-state index is 14.0. The number of halogens is 3. The molecular weight excluding hydrogens is 333 g/mol. The lowest BCUT2D eigenvalue weighted by Gasteiger charge is -2.31. The van der Waals surface area contributed by atoms with Gasteiger partial charge in [0.05, 0.1) is 0 Å². The summed E-state index contributed by atoms with van der Waals surface area (Å²) in [5.41, 5.74) is -1.78. The van der Waals surface area contributed by atoms with E-state index >= 15 is 0 Å². The number of alkyl halides is 3. The Hall–Kier alpha value is -2.70. The van der Waals surface area contributed by atoms with Crippen molar-refractivity contribution < 1.29 is 22.7 Å². The SMILES string of the molecule is CN(C)C(=O)Nc1cccc2c1C[C@@](c1ccccc1)(C(F)(F)F)O2. The largest absolute Gasteiger partial charge is 0.472 e.